The fraction of sp³-hybridized carbons (Fsp3) is 0.0294. The summed E-state index contributed by atoms with van der Waals surface area (Å²) in [6.07, 6.45) is 1.54. The topological polar surface area (TPSA) is 87.3 Å². The summed E-state index contributed by atoms with van der Waals surface area (Å²) in [7, 11) is 0. The van der Waals surface area contributed by atoms with E-state index in [9.17, 15) is 31.9 Å². The van der Waals surface area contributed by atoms with Crippen LogP contribution in [0.3, 0.4) is 0 Å². The van der Waals surface area contributed by atoms with Crippen LogP contribution in [0.15, 0.2) is 119 Å². The van der Waals surface area contributed by atoms with E-state index in [1.807, 2.05) is 10.7 Å². The Bertz CT molecular complexity index is 1880. The van der Waals surface area contributed by atoms with Gasteiger partial charge in [-0.25, -0.2) is 17.6 Å². The van der Waals surface area contributed by atoms with Gasteiger partial charge >= 0.3 is 0 Å². The number of carbonyl (C=O) groups excluding carboxylic acids is 3. The van der Waals surface area contributed by atoms with Gasteiger partial charge in [-0.15, -0.1) is 23.1 Å². The number of anilines is 2. The minimum Gasteiger partial charge on any atom is -0.321 e. The van der Waals surface area contributed by atoms with Crippen molar-refractivity contribution in [3.05, 3.63) is 153 Å². The maximum absolute atomic E-state index is 14.4. The van der Waals surface area contributed by atoms with E-state index in [1.165, 1.54) is 11.3 Å². The Balaban J connectivity index is 1.38. The molecule has 0 bridgehead atoms. The molecule has 0 saturated heterocycles. The van der Waals surface area contributed by atoms with Crippen LogP contribution in [-0.4, -0.2) is 17.7 Å². The zero-order valence-corrected chi connectivity index (χ0v) is 25.2. The Kier molecular flexibility index (Phi) is 10.3. The Morgan fingerprint density at radius 2 is 1.41 bits per heavy atom. The van der Waals surface area contributed by atoms with Crippen LogP contribution in [0.2, 0.25) is 0 Å². The summed E-state index contributed by atoms with van der Waals surface area (Å²) in [6.45, 7) is 0. The lowest BCUT2D eigenvalue weighted by Gasteiger charge is -2.18. The van der Waals surface area contributed by atoms with Crippen molar-refractivity contribution in [2.75, 3.05) is 10.6 Å². The van der Waals surface area contributed by atoms with E-state index in [0.717, 1.165) is 16.6 Å². The molecule has 4 aromatic carbocycles. The fourth-order valence-corrected chi connectivity index (χ4v) is 5.95. The standard InChI is InChI=1S/C34H23F4N3O3S2/c35-25-19-26(36)29(38)30(28(25)37)41-34(44)31(20-9-3-1-4-10-20)46-24-14-7-13-22(17-24)39-33(43)27(18-23-15-8-16-45-23)40-32(42)21-11-5-2-6-12-21/h1-19,31H,(H,39,43)(H,40,42)(H,41,44)/b27-18-. The average Bonchev–Trinajstić information content (AvgIpc) is 3.58. The lowest BCUT2D eigenvalue weighted by atomic mass is 10.1. The molecule has 0 aliphatic rings. The number of nitrogens with one attached hydrogen (secondary N) is 3. The second kappa shape index (κ2) is 14.7. The normalized spacial score (nSPS) is 11.9. The maximum atomic E-state index is 14.4. The molecule has 1 atom stereocenters. The molecule has 0 aliphatic heterocycles. The predicted octanol–water partition coefficient (Wildman–Crippen LogP) is 8.19. The third-order valence-electron chi connectivity index (χ3n) is 6.40. The van der Waals surface area contributed by atoms with E-state index in [1.54, 1.807) is 103 Å². The predicted molar refractivity (Wildman–Crippen MR) is 171 cm³/mol. The van der Waals surface area contributed by atoms with Crippen LogP contribution in [0, 0.1) is 23.3 Å². The molecule has 0 aliphatic carbocycles. The van der Waals surface area contributed by atoms with Crippen molar-refractivity contribution in [2.45, 2.75) is 10.1 Å². The first-order valence-electron chi connectivity index (χ1n) is 13.6. The van der Waals surface area contributed by atoms with Crippen molar-refractivity contribution < 1.29 is 31.9 Å². The molecule has 12 heteroatoms. The van der Waals surface area contributed by atoms with Crippen molar-refractivity contribution in [2.24, 2.45) is 0 Å². The monoisotopic (exact) mass is 661 g/mol. The Morgan fingerprint density at radius 3 is 2.07 bits per heavy atom. The molecule has 5 rings (SSSR count). The van der Waals surface area contributed by atoms with Crippen LogP contribution in [0.25, 0.3) is 6.08 Å². The van der Waals surface area contributed by atoms with Crippen molar-refractivity contribution in [3.8, 4) is 0 Å². The summed E-state index contributed by atoms with van der Waals surface area (Å²) in [6, 6.07) is 26.7. The summed E-state index contributed by atoms with van der Waals surface area (Å²) in [4.78, 5) is 40.8. The number of halogens is 4. The number of carbonyl (C=O) groups is 3. The van der Waals surface area contributed by atoms with Crippen LogP contribution in [0.4, 0.5) is 28.9 Å². The summed E-state index contributed by atoms with van der Waals surface area (Å²) in [5.74, 6) is -8.83. The Labute approximate surface area is 269 Å². The van der Waals surface area contributed by atoms with E-state index >= 15 is 0 Å². The highest BCUT2D eigenvalue weighted by Crippen LogP contribution is 2.38. The number of benzene rings is 4. The largest absolute Gasteiger partial charge is 0.321 e. The molecular formula is C34H23F4N3O3S2. The molecule has 0 radical (unpaired) electrons. The maximum Gasteiger partial charge on any atom is 0.272 e. The fourth-order valence-electron chi connectivity index (χ4n) is 4.21. The molecule has 46 heavy (non-hydrogen) atoms. The first-order chi connectivity index (χ1) is 22.2. The number of amides is 3. The Hall–Kier alpha value is -5.20. The van der Waals surface area contributed by atoms with Gasteiger partial charge in [-0.2, -0.15) is 0 Å². The van der Waals surface area contributed by atoms with Gasteiger partial charge in [0.05, 0.1) is 0 Å². The summed E-state index contributed by atoms with van der Waals surface area (Å²) < 4.78 is 56.3. The van der Waals surface area contributed by atoms with Gasteiger partial charge in [0.1, 0.15) is 16.6 Å². The van der Waals surface area contributed by atoms with Crippen molar-refractivity contribution >= 4 is 58.3 Å². The van der Waals surface area contributed by atoms with Crippen molar-refractivity contribution in [3.63, 3.8) is 0 Å². The quantitative estimate of drug-likeness (QED) is 0.0610. The van der Waals surface area contributed by atoms with Gasteiger partial charge in [0.2, 0.25) is 5.91 Å². The third kappa shape index (κ3) is 7.89. The Morgan fingerprint density at radius 1 is 0.739 bits per heavy atom. The highest BCUT2D eigenvalue weighted by atomic mass is 32.2. The first kappa shape index (κ1) is 32.2. The van der Waals surface area contributed by atoms with Crippen molar-refractivity contribution in [1.29, 1.82) is 0 Å². The number of thioether (sulfide) groups is 1. The van der Waals surface area contributed by atoms with Gasteiger partial charge in [0.15, 0.2) is 23.3 Å². The highest BCUT2D eigenvalue weighted by Gasteiger charge is 2.27. The molecule has 0 spiro atoms. The molecule has 6 nitrogen and oxygen atoms in total. The second-order valence-corrected chi connectivity index (χ2v) is 11.8. The molecular weight excluding hydrogens is 639 g/mol. The van der Waals surface area contributed by atoms with E-state index < -0.39 is 51.9 Å². The lowest BCUT2D eigenvalue weighted by Crippen LogP contribution is -2.30. The lowest BCUT2D eigenvalue weighted by molar-refractivity contribution is -0.116. The smallest absolute Gasteiger partial charge is 0.272 e. The molecule has 232 valence electrons. The van der Waals surface area contributed by atoms with Gasteiger partial charge in [0.25, 0.3) is 11.8 Å². The van der Waals surface area contributed by atoms with Gasteiger partial charge < -0.3 is 16.0 Å². The molecule has 1 aromatic heterocycles. The summed E-state index contributed by atoms with van der Waals surface area (Å²) in [5.41, 5.74) is -0.147. The van der Waals surface area contributed by atoms with Gasteiger partial charge in [-0.3, -0.25) is 14.4 Å². The van der Waals surface area contributed by atoms with Gasteiger partial charge in [0, 0.05) is 27.1 Å². The molecule has 1 heterocycles. The average molecular weight is 662 g/mol. The molecule has 3 amide bonds. The van der Waals surface area contributed by atoms with Crippen LogP contribution < -0.4 is 16.0 Å². The highest BCUT2D eigenvalue weighted by molar-refractivity contribution is 8.00. The van der Waals surface area contributed by atoms with Crippen LogP contribution in [0.5, 0.6) is 0 Å². The van der Waals surface area contributed by atoms with E-state index in [4.69, 9.17) is 0 Å². The summed E-state index contributed by atoms with van der Waals surface area (Å²) in [5, 5.41) is 8.09. The van der Waals surface area contributed by atoms with Crippen LogP contribution >= 0.6 is 23.1 Å². The molecule has 1 unspecified atom stereocenters. The zero-order valence-electron chi connectivity index (χ0n) is 23.6. The zero-order chi connectivity index (χ0) is 32.6. The van der Waals surface area contributed by atoms with Crippen LogP contribution in [0.1, 0.15) is 26.0 Å². The van der Waals surface area contributed by atoms with E-state index in [2.05, 4.69) is 10.6 Å². The van der Waals surface area contributed by atoms with Crippen molar-refractivity contribution in [1.82, 2.24) is 5.32 Å². The third-order valence-corrected chi connectivity index (χ3v) is 8.47. The molecule has 3 N–H and O–H groups in total. The molecule has 0 saturated carbocycles. The summed E-state index contributed by atoms with van der Waals surface area (Å²) >= 11 is 2.35. The number of rotatable bonds is 10. The van der Waals surface area contributed by atoms with Gasteiger partial charge in [-0.05, 0) is 53.4 Å². The minimum absolute atomic E-state index is 0.0118. The SMILES string of the molecule is O=C(Nc1cccc(SC(C(=O)Nc2c(F)c(F)cc(F)c2F)c2ccccc2)c1)/C(=C/c1cccs1)NC(=O)c1ccccc1. The molecule has 5 aromatic rings. The van der Waals surface area contributed by atoms with Crippen LogP contribution in [-0.2, 0) is 9.59 Å². The second-order valence-electron chi connectivity index (χ2n) is 9.62. The van der Waals surface area contributed by atoms with Gasteiger partial charge in [-0.1, -0.05) is 60.7 Å². The minimum atomic E-state index is -1.74. The molecule has 0 fully saturated rings. The number of thiophene rings is 1. The number of hydrogen-bond acceptors (Lipinski definition) is 5. The van der Waals surface area contributed by atoms with E-state index in [0.29, 0.717) is 21.7 Å². The van der Waals surface area contributed by atoms with E-state index in [-0.39, 0.29) is 11.8 Å². The number of hydrogen-bond donors (Lipinski definition) is 3. The first-order valence-corrected chi connectivity index (χ1v) is 15.3.